The zero-order valence-corrected chi connectivity index (χ0v) is 39.4. The molecule has 3 N–H and O–H groups in total. The van der Waals surface area contributed by atoms with Gasteiger partial charge in [-0.05, 0) is 67.7 Å². The summed E-state index contributed by atoms with van der Waals surface area (Å²) in [6, 6.07) is 4.24. The highest BCUT2D eigenvalue weighted by molar-refractivity contribution is 7.39. The summed E-state index contributed by atoms with van der Waals surface area (Å²) in [5.41, 5.74) is 4.19. The standard InChI is InChI=1S/C33H61O3P.C18H36O2/c1-4-7-10-13-16-19-22-25-30-28-29-33(36-37(34)35)32(27-24-21-18-15-12-9-6-3)31(30)26-23-20-17-14-11-8-5-2;1-2-3-4-5-6-7-8-9-10-11-12-13-14-15-16-17-18(19)20/h28-29,34-35H,4-27H2,1-3H3;2-17H2,1H3,(H,19,20). The van der Waals surface area contributed by atoms with Gasteiger partial charge in [-0.3, -0.25) is 4.79 Å². The van der Waals surface area contributed by atoms with Crippen molar-refractivity contribution in [1.29, 1.82) is 0 Å². The van der Waals surface area contributed by atoms with E-state index in [1.807, 2.05) is 6.07 Å². The van der Waals surface area contributed by atoms with Crippen LogP contribution in [0.3, 0.4) is 0 Å². The molecule has 0 aromatic heterocycles. The van der Waals surface area contributed by atoms with E-state index >= 15 is 0 Å². The molecule has 1 rings (SSSR count). The summed E-state index contributed by atoms with van der Waals surface area (Å²) in [5.74, 6) is 0.0584. The molecule has 0 unspecified atom stereocenters. The second-order valence-corrected chi connectivity index (χ2v) is 17.9. The molecule has 6 heteroatoms. The van der Waals surface area contributed by atoms with Gasteiger partial charge in [0.1, 0.15) is 5.75 Å². The van der Waals surface area contributed by atoms with Crippen molar-refractivity contribution in [2.45, 2.75) is 285 Å². The molecule has 0 spiro atoms. The van der Waals surface area contributed by atoms with E-state index in [4.69, 9.17) is 9.63 Å². The van der Waals surface area contributed by atoms with Gasteiger partial charge in [0.15, 0.2) is 0 Å². The minimum absolute atomic E-state index is 0.345. The Morgan fingerprint density at radius 2 is 0.719 bits per heavy atom. The van der Waals surface area contributed by atoms with E-state index in [9.17, 15) is 14.6 Å². The minimum atomic E-state index is -2.39. The van der Waals surface area contributed by atoms with E-state index in [0.29, 0.717) is 12.2 Å². The zero-order chi connectivity index (χ0) is 41.9. The highest BCUT2D eigenvalue weighted by Gasteiger charge is 2.17. The fourth-order valence-electron chi connectivity index (χ4n) is 8.15. The molecule has 1 aromatic carbocycles. The van der Waals surface area contributed by atoms with Crippen molar-refractivity contribution in [3.8, 4) is 5.75 Å². The maximum Gasteiger partial charge on any atom is 0.391 e. The lowest BCUT2D eigenvalue weighted by atomic mass is 9.89. The second kappa shape index (κ2) is 44.4. The molecular weight excluding hydrogens is 724 g/mol. The Bertz CT molecular complexity index is 983. The number of hydrogen-bond acceptors (Lipinski definition) is 4. The van der Waals surface area contributed by atoms with Gasteiger partial charge in [0.2, 0.25) is 0 Å². The van der Waals surface area contributed by atoms with Crippen LogP contribution in [0.5, 0.6) is 5.75 Å². The van der Waals surface area contributed by atoms with Crippen molar-refractivity contribution < 1.29 is 24.2 Å². The Morgan fingerprint density at radius 1 is 0.421 bits per heavy atom. The SMILES string of the molecule is CCCCCCCCCCCCCCCCCC(=O)O.CCCCCCCCCc1ccc(OP(O)O)c(CCCCCCCCC)c1CCCCCCCCC. The molecule has 0 radical (unpaired) electrons. The lowest BCUT2D eigenvalue weighted by molar-refractivity contribution is -0.137. The maximum atomic E-state index is 10.3. The number of carboxylic acids is 1. The third kappa shape index (κ3) is 37.6. The van der Waals surface area contributed by atoms with E-state index in [-0.39, 0.29) is 0 Å². The molecule has 0 heterocycles. The molecule has 0 fully saturated rings. The molecule has 0 saturated carbocycles. The van der Waals surface area contributed by atoms with Gasteiger partial charge in [-0.25, -0.2) is 0 Å². The highest BCUT2D eigenvalue weighted by Crippen LogP contribution is 2.37. The smallest absolute Gasteiger partial charge is 0.391 e. The van der Waals surface area contributed by atoms with Gasteiger partial charge in [-0.15, -0.1) is 0 Å². The Morgan fingerprint density at radius 3 is 1.05 bits per heavy atom. The third-order valence-electron chi connectivity index (χ3n) is 11.8. The van der Waals surface area contributed by atoms with Crippen LogP contribution in [0.25, 0.3) is 0 Å². The van der Waals surface area contributed by atoms with Gasteiger partial charge >= 0.3 is 14.6 Å². The van der Waals surface area contributed by atoms with Gasteiger partial charge in [0.25, 0.3) is 0 Å². The summed E-state index contributed by atoms with van der Waals surface area (Å²) in [6.45, 7) is 9.09. The van der Waals surface area contributed by atoms with Crippen molar-refractivity contribution in [3.05, 3.63) is 28.8 Å². The summed E-state index contributed by atoms with van der Waals surface area (Å²) in [6.07, 6.45) is 51.0. The van der Waals surface area contributed by atoms with Crippen LogP contribution < -0.4 is 4.52 Å². The monoisotopic (exact) mass is 821 g/mol. The summed E-state index contributed by atoms with van der Waals surface area (Å²) in [7, 11) is -2.39. The Balaban J connectivity index is 0.00000132. The lowest BCUT2D eigenvalue weighted by Crippen LogP contribution is -2.05. The van der Waals surface area contributed by atoms with Crippen LogP contribution in [0.1, 0.15) is 282 Å². The van der Waals surface area contributed by atoms with Crippen LogP contribution in [-0.4, -0.2) is 20.9 Å². The first-order valence-corrected chi connectivity index (χ1v) is 26.3. The molecule has 0 aliphatic carbocycles. The number of aliphatic carboxylic acids is 1. The van der Waals surface area contributed by atoms with Crippen LogP contribution >= 0.6 is 8.60 Å². The quantitative estimate of drug-likeness (QED) is 0.0452. The summed E-state index contributed by atoms with van der Waals surface area (Å²) in [4.78, 5) is 29.7. The number of rotatable bonds is 42. The number of hydrogen-bond donors (Lipinski definition) is 3. The molecule has 0 bridgehead atoms. The van der Waals surface area contributed by atoms with E-state index < -0.39 is 14.6 Å². The molecule has 0 amide bonds. The minimum Gasteiger partial charge on any atom is -0.481 e. The number of unbranched alkanes of at least 4 members (excludes halogenated alkanes) is 32. The highest BCUT2D eigenvalue weighted by atomic mass is 31.2. The van der Waals surface area contributed by atoms with E-state index in [1.54, 1.807) is 0 Å². The van der Waals surface area contributed by atoms with E-state index in [1.165, 1.54) is 229 Å². The molecule has 0 saturated heterocycles. The van der Waals surface area contributed by atoms with Crippen LogP contribution in [0, 0.1) is 0 Å². The topological polar surface area (TPSA) is 87.0 Å². The van der Waals surface area contributed by atoms with Crippen LogP contribution in [0.2, 0.25) is 0 Å². The van der Waals surface area contributed by atoms with Crippen molar-refractivity contribution in [2.24, 2.45) is 0 Å². The average Bonchev–Trinajstić information content (AvgIpc) is 3.19. The number of carbonyl (C=O) groups is 1. The molecule has 5 nitrogen and oxygen atoms in total. The largest absolute Gasteiger partial charge is 0.481 e. The summed E-state index contributed by atoms with van der Waals surface area (Å²) in [5, 5.41) is 8.52. The first kappa shape index (κ1) is 55.8. The zero-order valence-electron chi connectivity index (χ0n) is 38.5. The van der Waals surface area contributed by atoms with Crippen molar-refractivity contribution >= 4 is 14.6 Å². The fourth-order valence-corrected chi connectivity index (χ4v) is 8.50. The fraction of sp³-hybridized carbons (Fsp3) is 0.863. The first-order valence-electron chi connectivity index (χ1n) is 25.1. The number of carboxylic acid groups (broad SMARTS) is 1. The average molecular weight is 821 g/mol. The molecule has 0 aliphatic rings. The lowest BCUT2D eigenvalue weighted by Gasteiger charge is -2.20. The van der Waals surface area contributed by atoms with Gasteiger partial charge in [-0.2, -0.15) is 0 Å². The van der Waals surface area contributed by atoms with Crippen molar-refractivity contribution in [3.63, 3.8) is 0 Å². The number of benzene rings is 1. The third-order valence-corrected chi connectivity index (χ3v) is 12.1. The molecule has 336 valence electrons. The molecule has 0 aliphatic heterocycles. The Labute approximate surface area is 356 Å². The molecule has 0 atom stereocenters. The second-order valence-electron chi connectivity index (χ2n) is 17.2. The summed E-state index contributed by atoms with van der Waals surface area (Å²) >= 11 is 0. The van der Waals surface area contributed by atoms with Gasteiger partial charge in [0, 0.05) is 6.42 Å². The van der Waals surface area contributed by atoms with Crippen molar-refractivity contribution in [2.75, 3.05) is 0 Å². The maximum absolute atomic E-state index is 10.3. The van der Waals surface area contributed by atoms with Crippen LogP contribution in [0.4, 0.5) is 0 Å². The molecule has 57 heavy (non-hydrogen) atoms. The predicted octanol–water partition coefficient (Wildman–Crippen LogP) is 17.5. The van der Waals surface area contributed by atoms with E-state index in [2.05, 4.69) is 33.8 Å². The Kier molecular flexibility index (Phi) is 43.5. The van der Waals surface area contributed by atoms with Gasteiger partial charge in [0.05, 0.1) is 0 Å². The predicted molar refractivity (Wildman–Crippen MR) is 251 cm³/mol. The summed E-state index contributed by atoms with van der Waals surface area (Å²) < 4.78 is 5.58. The molecule has 1 aromatic rings. The Hall–Kier alpha value is -1.16. The molecular formula is C51H97O5P. The number of aryl methyl sites for hydroxylation is 1. The van der Waals surface area contributed by atoms with Crippen LogP contribution in [-0.2, 0) is 24.1 Å². The van der Waals surface area contributed by atoms with Crippen molar-refractivity contribution in [1.82, 2.24) is 0 Å². The van der Waals surface area contributed by atoms with Crippen LogP contribution in [0.15, 0.2) is 12.1 Å². The van der Waals surface area contributed by atoms with E-state index in [0.717, 1.165) is 38.5 Å². The first-order chi connectivity index (χ1) is 27.9. The van der Waals surface area contributed by atoms with Gasteiger partial charge in [-0.1, -0.05) is 239 Å². The van der Waals surface area contributed by atoms with Gasteiger partial charge < -0.3 is 19.4 Å². The normalized spacial score (nSPS) is 11.3.